The summed E-state index contributed by atoms with van der Waals surface area (Å²) in [5.74, 6) is 0. The summed E-state index contributed by atoms with van der Waals surface area (Å²) in [6.45, 7) is 3.87. The Kier molecular flexibility index (Phi) is 2.83. The summed E-state index contributed by atoms with van der Waals surface area (Å²) in [7, 11) is 0. The van der Waals surface area contributed by atoms with Gasteiger partial charge < -0.3 is 0 Å². The maximum atomic E-state index is 5.78. The quantitative estimate of drug-likeness (QED) is 0.635. The van der Waals surface area contributed by atoms with Crippen LogP contribution in [0.1, 0.15) is 18.3 Å². The lowest BCUT2D eigenvalue weighted by Crippen LogP contribution is -2.01. The highest BCUT2D eigenvalue weighted by molar-refractivity contribution is 6.20. The molecule has 1 unspecified atom stereocenters. The first-order valence-electron chi connectivity index (χ1n) is 3.62. The van der Waals surface area contributed by atoms with E-state index in [4.69, 9.17) is 11.6 Å². The van der Waals surface area contributed by atoms with Gasteiger partial charge in [0.1, 0.15) is 0 Å². The molecule has 0 N–H and O–H groups in total. The number of aryl methyl sites for hydroxylation is 1. The van der Waals surface area contributed by atoms with Gasteiger partial charge in [-0.25, -0.2) is 0 Å². The molecular weight excluding hydrogens is 160 g/mol. The van der Waals surface area contributed by atoms with Gasteiger partial charge in [0.05, 0.1) is 11.4 Å². The van der Waals surface area contributed by atoms with Gasteiger partial charge in [-0.15, -0.1) is 11.6 Å². The average molecular weight is 171 g/mol. The highest BCUT2D eigenvalue weighted by Crippen LogP contribution is 2.03. The van der Waals surface area contributed by atoms with E-state index in [1.165, 1.54) is 0 Å². The first-order valence-corrected chi connectivity index (χ1v) is 4.05. The van der Waals surface area contributed by atoms with Crippen molar-refractivity contribution in [2.75, 3.05) is 0 Å². The van der Waals surface area contributed by atoms with E-state index in [2.05, 4.69) is 10.2 Å². The van der Waals surface area contributed by atoms with Crippen molar-refractivity contribution in [2.24, 2.45) is 0 Å². The normalized spacial score (nSPS) is 13.0. The standard InChI is InChI=1S/C8H11ClN2/c1-6(9)5-8-4-3-7(2)10-11-8/h3-4,6H,5H2,1-2H3. The van der Waals surface area contributed by atoms with Crippen LogP contribution in [-0.4, -0.2) is 15.6 Å². The topological polar surface area (TPSA) is 25.8 Å². The van der Waals surface area contributed by atoms with E-state index in [0.717, 1.165) is 17.8 Å². The molecule has 60 valence electrons. The molecule has 11 heavy (non-hydrogen) atoms. The van der Waals surface area contributed by atoms with Crippen molar-refractivity contribution >= 4 is 11.6 Å². The second kappa shape index (κ2) is 3.67. The first-order chi connectivity index (χ1) is 5.18. The van der Waals surface area contributed by atoms with Gasteiger partial charge in [0.15, 0.2) is 0 Å². The molecule has 0 radical (unpaired) electrons. The lowest BCUT2D eigenvalue weighted by atomic mass is 10.2. The Balaban J connectivity index is 2.66. The third-order valence-electron chi connectivity index (χ3n) is 1.34. The molecule has 0 aliphatic rings. The number of hydrogen-bond acceptors (Lipinski definition) is 2. The number of alkyl halides is 1. The molecule has 0 amide bonds. The molecule has 0 saturated carbocycles. The van der Waals surface area contributed by atoms with Crippen LogP contribution in [0.25, 0.3) is 0 Å². The van der Waals surface area contributed by atoms with Gasteiger partial charge >= 0.3 is 0 Å². The van der Waals surface area contributed by atoms with Gasteiger partial charge in [0.25, 0.3) is 0 Å². The van der Waals surface area contributed by atoms with Crippen LogP contribution in [0.15, 0.2) is 12.1 Å². The SMILES string of the molecule is Cc1ccc(CC(C)Cl)nn1. The van der Waals surface area contributed by atoms with Gasteiger partial charge in [-0.05, 0) is 26.0 Å². The van der Waals surface area contributed by atoms with E-state index in [1.54, 1.807) is 0 Å². The Morgan fingerprint density at radius 2 is 2.18 bits per heavy atom. The largest absolute Gasteiger partial charge is 0.156 e. The number of rotatable bonds is 2. The molecule has 1 aromatic rings. The van der Waals surface area contributed by atoms with Crippen LogP contribution in [0.2, 0.25) is 0 Å². The van der Waals surface area contributed by atoms with Gasteiger partial charge in [0.2, 0.25) is 0 Å². The van der Waals surface area contributed by atoms with E-state index < -0.39 is 0 Å². The lowest BCUT2D eigenvalue weighted by molar-refractivity contribution is 0.833. The molecular formula is C8H11ClN2. The molecule has 0 saturated heterocycles. The maximum Gasteiger partial charge on any atom is 0.0645 e. The summed E-state index contributed by atoms with van der Waals surface area (Å²) in [6, 6.07) is 3.91. The fourth-order valence-corrected chi connectivity index (χ4v) is 0.982. The Labute approximate surface area is 71.6 Å². The van der Waals surface area contributed by atoms with Crippen molar-refractivity contribution < 1.29 is 0 Å². The van der Waals surface area contributed by atoms with Crippen molar-refractivity contribution in [3.63, 3.8) is 0 Å². The van der Waals surface area contributed by atoms with E-state index in [9.17, 15) is 0 Å². The molecule has 0 aromatic carbocycles. The Morgan fingerprint density at radius 3 is 2.64 bits per heavy atom. The maximum absolute atomic E-state index is 5.78. The third kappa shape index (κ3) is 2.85. The van der Waals surface area contributed by atoms with Crippen molar-refractivity contribution in [3.05, 3.63) is 23.5 Å². The lowest BCUT2D eigenvalue weighted by Gasteiger charge is -2.00. The monoisotopic (exact) mass is 170 g/mol. The van der Waals surface area contributed by atoms with E-state index >= 15 is 0 Å². The molecule has 0 bridgehead atoms. The van der Waals surface area contributed by atoms with Crippen molar-refractivity contribution in [3.8, 4) is 0 Å². The van der Waals surface area contributed by atoms with E-state index in [0.29, 0.717) is 0 Å². The van der Waals surface area contributed by atoms with Crippen LogP contribution < -0.4 is 0 Å². The smallest absolute Gasteiger partial charge is 0.0645 e. The fourth-order valence-electron chi connectivity index (χ4n) is 0.824. The zero-order valence-corrected chi connectivity index (χ0v) is 7.47. The van der Waals surface area contributed by atoms with Crippen LogP contribution in [-0.2, 0) is 6.42 Å². The predicted molar refractivity (Wildman–Crippen MR) is 45.8 cm³/mol. The van der Waals surface area contributed by atoms with Gasteiger partial charge in [0, 0.05) is 11.8 Å². The fraction of sp³-hybridized carbons (Fsp3) is 0.500. The molecule has 0 aliphatic carbocycles. The molecule has 1 atom stereocenters. The second-order valence-electron chi connectivity index (χ2n) is 2.65. The van der Waals surface area contributed by atoms with Gasteiger partial charge in [-0.1, -0.05) is 0 Å². The summed E-state index contributed by atoms with van der Waals surface area (Å²) in [5.41, 5.74) is 1.90. The number of hydrogen-bond donors (Lipinski definition) is 0. The van der Waals surface area contributed by atoms with Crippen LogP contribution in [0.4, 0.5) is 0 Å². The van der Waals surface area contributed by atoms with E-state index in [-0.39, 0.29) is 5.38 Å². The summed E-state index contributed by atoms with van der Waals surface area (Å²) >= 11 is 5.78. The van der Waals surface area contributed by atoms with Crippen LogP contribution >= 0.6 is 11.6 Å². The molecule has 2 nitrogen and oxygen atoms in total. The highest BCUT2D eigenvalue weighted by Gasteiger charge is 1.99. The van der Waals surface area contributed by atoms with E-state index in [1.807, 2.05) is 26.0 Å². The molecule has 1 rings (SSSR count). The van der Waals surface area contributed by atoms with Gasteiger partial charge in [-0.2, -0.15) is 10.2 Å². The van der Waals surface area contributed by atoms with Crippen molar-refractivity contribution in [1.82, 2.24) is 10.2 Å². The average Bonchev–Trinajstić information content (AvgIpc) is 1.93. The molecule has 0 spiro atoms. The molecule has 0 fully saturated rings. The van der Waals surface area contributed by atoms with Crippen LogP contribution in [0.3, 0.4) is 0 Å². The minimum Gasteiger partial charge on any atom is -0.156 e. The highest BCUT2D eigenvalue weighted by atomic mass is 35.5. The number of nitrogens with zero attached hydrogens (tertiary/aromatic N) is 2. The zero-order chi connectivity index (χ0) is 8.27. The Hall–Kier alpha value is -0.630. The third-order valence-corrected chi connectivity index (χ3v) is 1.50. The Morgan fingerprint density at radius 1 is 1.45 bits per heavy atom. The minimum absolute atomic E-state index is 0.131. The van der Waals surface area contributed by atoms with Crippen molar-refractivity contribution in [1.29, 1.82) is 0 Å². The Bertz CT molecular complexity index is 218. The molecule has 0 aliphatic heterocycles. The van der Waals surface area contributed by atoms with Crippen LogP contribution in [0.5, 0.6) is 0 Å². The number of aromatic nitrogens is 2. The zero-order valence-electron chi connectivity index (χ0n) is 6.71. The summed E-state index contributed by atoms with van der Waals surface area (Å²) in [6.07, 6.45) is 0.787. The van der Waals surface area contributed by atoms with Crippen LogP contribution in [0, 0.1) is 6.92 Å². The molecule has 3 heteroatoms. The summed E-state index contributed by atoms with van der Waals surface area (Å²) in [5, 5.41) is 8.04. The summed E-state index contributed by atoms with van der Waals surface area (Å²) in [4.78, 5) is 0. The minimum atomic E-state index is 0.131. The predicted octanol–water partition coefficient (Wildman–Crippen LogP) is 1.95. The molecule has 1 aromatic heterocycles. The van der Waals surface area contributed by atoms with Gasteiger partial charge in [-0.3, -0.25) is 0 Å². The summed E-state index contributed by atoms with van der Waals surface area (Å²) < 4.78 is 0. The molecule has 1 heterocycles. The second-order valence-corrected chi connectivity index (χ2v) is 3.40. The first kappa shape index (κ1) is 8.47. The van der Waals surface area contributed by atoms with Crippen molar-refractivity contribution in [2.45, 2.75) is 25.6 Å². The number of halogens is 1.